The molecule has 1 heteroatoms. The van der Waals surface area contributed by atoms with Crippen molar-refractivity contribution < 1.29 is 4.74 Å². The van der Waals surface area contributed by atoms with Gasteiger partial charge in [-0.15, -0.1) is 0 Å². The van der Waals surface area contributed by atoms with Crippen LogP contribution in [-0.2, 0) is 4.74 Å². The minimum atomic E-state index is 0.134. The van der Waals surface area contributed by atoms with Gasteiger partial charge in [0.1, 0.15) is 0 Å². The Hall–Kier alpha value is -0.300. The molecule has 0 N–H and O–H groups in total. The highest BCUT2D eigenvalue weighted by Gasteiger charge is 2.32. The molecule has 0 aromatic rings. The van der Waals surface area contributed by atoms with E-state index in [2.05, 4.69) is 26.0 Å². The quantitative estimate of drug-likeness (QED) is 0.556. The Bertz CT molecular complexity index is 149. The Morgan fingerprint density at radius 2 is 2.09 bits per heavy atom. The first-order chi connectivity index (χ1) is 5.21. The van der Waals surface area contributed by atoms with Crippen LogP contribution in [0.5, 0.6) is 0 Å². The summed E-state index contributed by atoms with van der Waals surface area (Å²) in [5.74, 6) is 0.623. The van der Waals surface area contributed by atoms with E-state index in [9.17, 15) is 0 Å². The van der Waals surface area contributed by atoms with Gasteiger partial charge in [-0.2, -0.15) is 0 Å². The van der Waals surface area contributed by atoms with Crippen molar-refractivity contribution in [1.82, 2.24) is 0 Å². The Labute approximate surface area is 69.4 Å². The second kappa shape index (κ2) is 3.40. The minimum absolute atomic E-state index is 0.134. The largest absolute Gasteiger partial charge is 0.378 e. The summed E-state index contributed by atoms with van der Waals surface area (Å²) in [5.41, 5.74) is 0.134. The zero-order valence-electron chi connectivity index (χ0n) is 7.76. The van der Waals surface area contributed by atoms with Crippen molar-refractivity contribution in [3.8, 4) is 0 Å². The molecule has 1 nitrogen and oxygen atoms in total. The van der Waals surface area contributed by atoms with Crippen LogP contribution in [0.15, 0.2) is 12.2 Å². The third-order valence-electron chi connectivity index (χ3n) is 2.82. The lowest BCUT2D eigenvalue weighted by molar-refractivity contribution is -0.0540. The molecule has 0 radical (unpaired) electrons. The van der Waals surface area contributed by atoms with Gasteiger partial charge < -0.3 is 4.74 Å². The minimum Gasteiger partial charge on any atom is -0.378 e. The number of allylic oxidation sites excluding steroid dienone is 1. The maximum Gasteiger partial charge on any atom is 0.0738 e. The van der Waals surface area contributed by atoms with E-state index in [0.29, 0.717) is 5.92 Å². The number of hydrogen-bond acceptors (Lipinski definition) is 1. The van der Waals surface area contributed by atoms with E-state index in [1.165, 1.54) is 12.8 Å². The van der Waals surface area contributed by atoms with Crippen LogP contribution in [0, 0.1) is 5.92 Å². The molecule has 1 aliphatic rings. The standard InChI is InChI=1S/C10H18O/c1-9(2)10(11-3)7-5-4-6-8-10/h4-5,9H,6-8H2,1-3H3. The van der Waals surface area contributed by atoms with Gasteiger partial charge >= 0.3 is 0 Å². The number of ether oxygens (including phenoxy) is 1. The van der Waals surface area contributed by atoms with Gasteiger partial charge in [-0.05, 0) is 25.2 Å². The summed E-state index contributed by atoms with van der Waals surface area (Å²) in [7, 11) is 1.83. The van der Waals surface area contributed by atoms with Crippen molar-refractivity contribution in [1.29, 1.82) is 0 Å². The highest BCUT2D eigenvalue weighted by molar-refractivity contribution is 5.00. The van der Waals surface area contributed by atoms with E-state index >= 15 is 0 Å². The molecule has 0 heterocycles. The van der Waals surface area contributed by atoms with Crippen LogP contribution in [0.25, 0.3) is 0 Å². The zero-order chi connectivity index (χ0) is 8.32. The SMILES string of the molecule is COC1(C(C)C)CC=CCC1. The Morgan fingerprint density at radius 1 is 1.36 bits per heavy atom. The van der Waals surface area contributed by atoms with Crippen LogP contribution in [0.4, 0.5) is 0 Å². The second-order valence-corrected chi connectivity index (χ2v) is 3.64. The van der Waals surface area contributed by atoms with Crippen molar-refractivity contribution in [2.45, 2.75) is 38.7 Å². The van der Waals surface area contributed by atoms with E-state index in [1.54, 1.807) is 0 Å². The number of methoxy groups -OCH3 is 1. The van der Waals surface area contributed by atoms with Gasteiger partial charge in [0, 0.05) is 7.11 Å². The number of rotatable bonds is 2. The summed E-state index contributed by atoms with van der Waals surface area (Å²) < 4.78 is 5.59. The predicted octanol–water partition coefficient (Wildman–Crippen LogP) is 2.77. The Balaban J connectivity index is 2.67. The fourth-order valence-electron chi connectivity index (χ4n) is 1.78. The molecule has 0 aromatic carbocycles. The fourth-order valence-corrected chi connectivity index (χ4v) is 1.78. The topological polar surface area (TPSA) is 9.23 Å². The average molecular weight is 154 g/mol. The lowest BCUT2D eigenvalue weighted by Gasteiger charge is -2.37. The van der Waals surface area contributed by atoms with Gasteiger partial charge in [0.05, 0.1) is 5.60 Å². The van der Waals surface area contributed by atoms with Crippen LogP contribution in [0.2, 0.25) is 0 Å². The van der Waals surface area contributed by atoms with E-state index in [0.717, 1.165) is 6.42 Å². The maximum atomic E-state index is 5.59. The van der Waals surface area contributed by atoms with Crippen molar-refractivity contribution in [2.24, 2.45) is 5.92 Å². The van der Waals surface area contributed by atoms with Crippen LogP contribution < -0.4 is 0 Å². The van der Waals surface area contributed by atoms with Crippen LogP contribution >= 0.6 is 0 Å². The first-order valence-corrected chi connectivity index (χ1v) is 4.41. The van der Waals surface area contributed by atoms with Gasteiger partial charge in [0.25, 0.3) is 0 Å². The Morgan fingerprint density at radius 3 is 2.36 bits per heavy atom. The smallest absolute Gasteiger partial charge is 0.0738 e. The zero-order valence-corrected chi connectivity index (χ0v) is 7.76. The molecule has 64 valence electrons. The molecular formula is C10H18O. The van der Waals surface area contributed by atoms with Crippen molar-refractivity contribution in [3.63, 3.8) is 0 Å². The van der Waals surface area contributed by atoms with Crippen molar-refractivity contribution >= 4 is 0 Å². The summed E-state index contributed by atoms with van der Waals surface area (Å²) in [6.07, 6.45) is 7.93. The van der Waals surface area contributed by atoms with Crippen LogP contribution in [-0.4, -0.2) is 12.7 Å². The lowest BCUT2D eigenvalue weighted by atomic mass is 9.80. The molecule has 0 aliphatic heterocycles. The summed E-state index contributed by atoms with van der Waals surface area (Å²) >= 11 is 0. The molecular weight excluding hydrogens is 136 g/mol. The van der Waals surface area contributed by atoms with Crippen LogP contribution in [0.3, 0.4) is 0 Å². The molecule has 0 bridgehead atoms. The number of hydrogen-bond donors (Lipinski definition) is 0. The monoisotopic (exact) mass is 154 g/mol. The van der Waals surface area contributed by atoms with Crippen molar-refractivity contribution in [3.05, 3.63) is 12.2 Å². The first kappa shape index (κ1) is 8.79. The van der Waals surface area contributed by atoms with Gasteiger partial charge in [-0.1, -0.05) is 26.0 Å². The molecule has 0 saturated heterocycles. The Kier molecular flexibility index (Phi) is 2.72. The molecule has 1 rings (SSSR count). The highest BCUT2D eigenvalue weighted by atomic mass is 16.5. The van der Waals surface area contributed by atoms with Crippen LogP contribution in [0.1, 0.15) is 33.1 Å². The van der Waals surface area contributed by atoms with E-state index in [1.807, 2.05) is 7.11 Å². The van der Waals surface area contributed by atoms with Gasteiger partial charge in [-0.3, -0.25) is 0 Å². The summed E-state index contributed by atoms with van der Waals surface area (Å²) in [5, 5.41) is 0. The van der Waals surface area contributed by atoms with E-state index in [-0.39, 0.29) is 5.60 Å². The predicted molar refractivity (Wildman–Crippen MR) is 47.6 cm³/mol. The average Bonchev–Trinajstić information content (AvgIpc) is 2.05. The third-order valence-corrected chi connectivity index (χ3v) is 2.82. The molecule has 0 fully saturated rings. The molecule has 0 amide bonds. The molecule has 1 aliphatic carbocycles. The van der Waals surface area contributed by atoms with E-state index in [4.69, 9.17) is 4.74 Å². The fraction of sp³-hybridized carbons (Fsp3) is 0.800. The van der Waals surface area contributed by atoms with Crippen molar-refractivity contribution in [2.75, 3.05) is 7.11 Å². The third kappa shape index (κ3) is 1.64. The molecule has 0 aromatic heterocycles. The lowest BCUT2D eigenvalue weighted by Crippen LogP contribution is -2.37. The highest BCUT2D eigenvalue weighted by Crippen LogP contribution is 2.33. The van der Waals surface area contributed by atoms with Gasteiger partial charge in [0.15, 0.2) is 0 Å². The molecule has 1 atom stereocenters. The first-order valence-electron chi connectivity index (χ1n) is 4.41. The van der Waals surface area contributed by atoms with E-state index < -0.39 is 0 Å². The normalized spacial score (nSPS) is 31.3. The van der Waals surface area contributed by atoms with Gasteiger partial charge in [-0.25, -0.2) is 0 Å². The maximum absolute atomic E-state index is 5.59. The molecule has 1 unspecified atom stereocenters. The molecule has 11 heavy (non-hydrogen) atoms. The summed E-state index contributed by atoms with van der Waals surface area (Å²) in [6, 6.07) is 0. The summed E-state index contributed by atoms with van der Waals surface area (Å²) in [4.78, 5) is 0. The van der Waals surface area contributed by atoms with Gasteiger partial charge in [0.2, 0.25) is 0 Å². The summed E-state index contributed by atoms with van der Waals surface area (Å²) in [6.45, 7) is 4.48. The molecule has 0 spiro atoms. The second-order valence-electron chi connectivity index (χ2n) is 3.64. The molecule has 0 saturated carbocycles.